The zero-order chi connectivity index (χ0) is 10.5. The molecule has 0 saturated heterocycles. The van der Waals surface area contributed by atoms with E-state index in [1.165, 1.54) is 0 Å². The van der Waals surface area contributed by atoms with Gasteiger partial charge in [0, 0.05) is 13.0 Å². The smallest absolute Gasteiger partial charge is 0.384 e. The minimum atomic E-state index is -4.54. The Morgan fingerprint density at radius 1 is 1.31 bits per heavy atom. The Morgan fingerprint density at radius 2 is 1.85 bits per heavy atom. The first-order valence-electron chi connectivity index (χ1n) is 4.28. The number of ether oxygens (including phenoxy) is 1. The molecule has 5 heteroatoms. The summed E-state index contributed by atoms with van der Waals surface area (Å²) in [5.41, 5.74) is 0. The lowest BCUT2D eigenvalue weighted by molar-refractivity contribution is -0.212. The molecule has 13 heavy (non-hydrogen) atoms. The summed E-state index contributed by atoms with van der Waals surface area (Å²) in [6, 6.07) is 0. The predicted molar refractivity (Wildman–Crippen MR) is 42.4 cm³/mol. The lowest BCUT2D eigenvalue weighted by Crippen LogP contribution is -2.33. The van der Waals surface area contributed by atoms with Crippen LogP contribution in [0.2, 0.25) is 0 Å². The Balaban J connectivity index is 3.93. The van der Waals surface area contributed by atoms with E-state index in [-0.39, 0.29) is 6.42 Å². The minimum absolute atomic E-state index is 0.364. The van der Waals surface area contributed by atoms with E-state index in [1.54, 1.807) is 13.8 Å². The summed E-state index contributed by atoms with van der Waals surface area (Å²) in [5, 5.41) is 8.71. The first-order chi connectivity index (χ1) is 5.91. The zero-order valence-electron chi connectivity index (χ0n) is 7.77. The van der Waals surface area contributed by atoms with Gasteiger partial charge in [0.15, 0.2) is 6.10 Å². The number of hydrogen-bond acceptors (Lipinski definition) is 2. The lowest BCUT2D eigenvalue weighted by atomic mass is 10.1. The van der Waals surface area contributed by atoms with E-state index < -0.39 is 18.4 Å². The van der Waals surface area contributed by atoms with Gasteiger partial charge in [-0.05, 0) is 13.3 Å². The summed E-state index contributed by atoms with van der Waals surface area (Å²) in [4.78, 5) is 0. The number of alkyl halides is 3. The second kappa shape index (κ2) is 5.44. The number of aliphatic hydroxyl groups excluding tert-OH is 1. The Bertz CT molecular complexity index is 136. The summed E-state index contributed by atoms with van der Waals surface area (Å²) in [5.74, 6) is 0. The first kappa shape index (κ1) is 12.7. The maximum Gasteiger partial charge on any atom is 0.414 e. The largest absolute Gasteiger partial charge is 0.414 e. The van der Waals surface area contributed by atoms with Crippen molar-refractivity contribution in [3.63, 3.8) is 0 Å². The molecule has 0 aromatic rings. The Hall–Kier alpha value is -0.290. The van der Waals surface area contributed by atoms with Crippen LogP contribution in [0.4, 0.5) is 13.2 Å². The Morgan fingerprint density at radius 3 is 2.15 bits per heavy atom. The summed E-state index contributed by atoms with van der Waals surface area (Å²) in [6.45, 7) is 3.80. The van der Waals surface area contributed by atoms with Crippen LogP contribution in [0.15, 0.2) is 0 Å². The van der Waals surface area contributed by atoms with Crippen molar-refractivity contribution in [2.24, 2.45) is 0 Å². The summed E-state index contributed by atoms with van der Waals surface area (Å²) in [6.07, 6.45) is -7.23. The fourth-order valence-corrected chi connectivity index (χ4v) is 0.971. The van der Waals surface area contributed by atoms with Crippen LogP contribution >= 0.6 is 0 Å². The number of hydrogen-bond donors (Lipinski definition) is 1. The van der Waals surface area contributed by atoms with Crippen LogP contribution in [0.1, 0.15) is 26.7 Å². The SMILES string of the molecule is CCOC(CC)CC(O)C(F)(F)F. The summed E-state index contributed by atoms with van der Waals surface area (Å²) in [7, 11) is 0. The molecule has 0 spiro atoms. The van der Waals surface area contributed by atoms with E-state index in [0.717, 1.165) is 0 Å². The average Bonchev–Trinajstić information content (AvgIpc) is 2.01. The molecule has 80 valence electrons. The highest BCUT2D eigenvalue weighted by Gasteiger charge is 2.39. The fraction of sp³-hybridized carbons (Fsp3) is 1.00. The molecular weight excluding hydrogens is 185 g/mol. The molecule has 2 atom stereocenters. The van der Waals surface area contributed by atoms with Crippen molar-refractivity contribution in [3.8, 4) is 0 Å². The monoisotopic (exact) mass is 200 g/mol. The topological polar surface area (TPSA) is 29.5 Å². The standard InChI is InChI=1S/C8H15F3O2/c1-3-6(13-4-2)5-7(12)8(9,10)11/h6-7,12H,3-5H2,1-2H3. The van der Waals surface area contributed by atoms with Crippen molar-refractivity contribution in [1.82, 2.24) is 0 Å². The quantitative estimate of drug-likeness (QED) is 0.736. The van der Waals surface area contributed by atoms with Crippen molar-refractivity contribution >= 4 is 0 Å². The molecule has 0 aliphatic heterocycles. The Kier molecular flexibility index (Phi) is 5.32. The number of rotatable bonds is 5. The molecule has 0 rings (SSSR count). The van der Waals surface area contributed by atoms with Gasteiger partial charge >= 0.3 is 6.18 Å². The molecule has 0 aliphatic rings. The lowest BCUT2D eigenvalue weighted by Gasteiger charge is -2.20. The van der Waals surface area contributed by atoms with E-state index >= 15 is 0 Å². The van der Waals surface area contributed by atoms with Crippen molar-refractivity contribution in [3.05, 3.63) is 0 Å². The maximum atomic E-state index is 11.9. The van der Waals surface area contributed by atoms with Gasteiger partial charge in [0.05, 0.1) is 6.10 Å². The van der Waals surface area contributed by atoms with Crippen molar-refractivity contribution < 1.29 is 23.0 Å². The molecule has 0 aliphatic carbocycles. The molecule has 0 amide bonds. The third-order valence-electron chi connectivity index (χ3n) is 1.72. The molecule has 0 aromatic heterocycles. The van der Waals surface area contributed by atoms with Crippen LogP contribution in [0.25, 0.3) is 0 Å². The highest BCUT2D eigenvalue weighted by atomic mass is 19.4. The molecule has 2 unspecified atom stereocenters. The van der Waals surface area contributed by atoms with Crippen LogP contribution in [-0.2, 0) is 4.74 Å². The first-order valence-corrected chi connectivity index (χ1v) is 4.28. The fourth-order valence-electron chi connectivity index (χ4n) is 0.971. The van der Waals surface area contributed by atoms with Crippen molar-refractivity contribution in [2.75, 3.05) is 6.61 Å². The molecule has 0 fully saturated rings. The second-order valence-electron chi connectivity index (χ2n) is 2.78. The van der Waals surface area contributed by atoms with E-state index in [0.29, 0.717) is 13.0 Å². The molecule has 0 aromatic carbocycles. The maximum absolute atomic E-state index is 11.9. The Labute approximate surface area is 75.7 Å². The van der Waals surface area contributed by atoms with Gasteiger partial charge in [0.1, 0.15) is 0 Å². The van der Waals surface area contributed by atoms with Gasteiger partial charge in [-0.15, -0.1) is 0 Å². The normalized spacial score (nSPS) is 17.1. The number of aliphatic hydroxyl groups is 1. The van der Waals surface area contributed by atoms with Gasteiger partial charge < -0.3 is 9.84 Å². The van der Waals surface area contributed by atoms with Gasteiger partial charge in [-0.3, -0.25) is 0 Å². The molecule has 0 heterocycles. The molecule has 0 saturated carbocycles. The number of halogens is 3. The van der Waals surface area contributed by atoms with E-state index in [4.69, 9.17) is 9.84 Å². The summed E-state index contributed by atoms with van der Waals surface area (Å²) < 4.78 is 40.6. The van der Waals surface area contributed by atoms with Gasteiger partial charge in [-0.25, -0.2) is 0 Å². The third-order valence-corrected chi connectivity index (χ3v) is 1.72. The molecule has 0 bridgehead atoms. The van der Waals surface area contributed by atoms with Gasteiger partial charge in [-0.1, -0.05) is 6.92 Å². The molecule has 1 N–H and O–H groups in total. The minimum Gasteiger partial charge on any atom is -0.384 e. The van der Waals surface area contributed by atoms with Crippen LogP contribution in [0.3, 0.4) is 0 Å². The van der Waals surface area contributed by atoms with Gasteiger partial charge in [0.25, 0.3) is 0 Å². The molecule has 0 radical (unpaired) electrons. The van der Waals surface area contributed by atoms with E-state index in [1.807, 2.05) is 0 Å². The van der Waals surface area contributed by atoms with Crippen LogP contribution < -0.4 is 0 Å². The van der Waals surface area contributed by atoms with Crippen LogP contribution in [-0.4, -0.2) is 30.1 Å². The molecule has 2 nitrogen and oxygen atoms in total. The van der Waals surface area contributed by atoms with Gasteiger partial charge in [0.2, 0.25) is 0 Å². The average molecular weight is 200 g/mol. The highest BCUT2D eigenvalue weighted by molar-refractivity contribution is 4.70. The molecular formula is C8H15F3O2. The van der Waals surface area contributed by atoms with Gasteiger partial charge in [-0.2, -0.15) is 13.2 Å². The third kappa shape index (κ3) is 5.10. The van der Waals surface area contributed by atoms with Crippen LogP contribution in [0, 0.1) is 0 Å². The predicted octanol–water partition coefficient (Wildman–Crippen LogP) is 2.11. The van der Waals surface area contributed by atoms with Crippen LogP contribution in [0.5, 0.6) is 0 Å². The highest BCUT2D eigenvalue weighted by Crippen LogP contribution is 2.24. The van der Waals surface area contributed by atoms with Crippen molar-refractivity contribution in [1.29, 1.82) is 0 Å². The van der Waals surface area contributed by atoms with Crippen molar-refractivity contribution in [2.45, 2.75) is 45.1 Å². The van der Waals surface area contributed by atoms with E-state index in [9.17, 15) is 13.2 Å². The van der Waals surface area contributed by atoms with E-state index in [2.05, 4.69) is 0 Å². The summed E-state index contributed by atoms with van der Waals surface area (Å²) >= 11 is 0. The zero-order valence-corrected chi connectivity index (χ0v) is 7.77. The second-order valence-corrected chi connectivity index (χ2v) is 2.78.